The molecule has 0 saturated carbocycles. The number of carbonyl (C=O) groups is 1. The summed E-state index contributed by atoms with van der Waals surface area (Å²) in [4.78, 5) is 14.7. The summed E-state index contributed by atoms with van der Waals surface area (Å²) in [5, 5.41) is 2.85. The first-order chi connectivity index (χ1) is 13.1. The number of anilines is 1. The van der Waals surface area contributed by atoms with Crippen molar-refractivity contribution in [3.05, 3.63) is 59.7 Å². The zero-order chi connectivity index (χ0) is 20.9. The van der Waals surface area contributed by atoms with Gasteiger partial charge in [0.05, 0.1) is 10.9 Å². The lowest BCUT2D eigenvalue weighted by atomic mass is 10.1. The Bertz CT molecular complexity index is 909. The first kappa shape index (κ1) is 22.1. The van der Waals surface area contributed by atoms with Crippen LogP contribution in [-0.4, -0.2) is 38.4 Å². The highest BCUT2D eigenvalue weighted by atomic mass is 32.2. The number of likely N-dealkylation sites (N-methyl/N-ethyl adjacent to an activating group) is 1. The van der Waals surface area contributed by atoms with E-state index >= 15 is 0 Å². The Kier molecular flexibility index (Phi) is 7.35. The second-order valence-electron chi connectivity index (χ2n) is 7.31. The lowest BCUT2D eigenvalue weighted by molar-refractivity contribution is -0.120. The number of sulfonamides is 1. The highest BCUT2D eigenvalue weighted by Gasteiger charge is 2.19. The zero-order valence-corrected chi connectivity index (χ0v) is 17.9. The van der Waals surface area contributed by atoms with Crippen molar-refractivity contribution in [2.24, 2.45) is 0 Å². The van der Waals surface area contributed by atoms with Gasteiger partial charge in [0, 0.05) is 18.3 Å². The molecule has 0 aliphatic heterocycles. The van der Waals surface area contributed by atoms with E-state index in [1.54, 1.807) is 26.0 Å². The van der Waals surface area contributed by atoms with Crippen molar-refractivity contribution < 1.29 is 13.2 Å². The second-order valence-corrected chi connectivity index (χ2v) is 9.02. The number of amides is 1. The van der Waals surface area contributed by atoms with Gasteiger partial charge in [-0.1, -0.05) is 24.3 Å². The van der Waals surface area contributed by atoms with Crippen molar-refractivity contribution >= 4 is 21.6 Å². The predicted molar refractivity (Wildman–Crippen MR) is 113 cm³/mol. The molecule has 2 aromatic rings. The standard InChI is InChI=1S/C21H29N3O3S/c1-15(2)23-28(26,27)20-12-10-19(11-13-20)22-21(25)17(4)24(5)14-18-9-7-6-8-16(18)3/h6-13,15,17,23H,14H2,1-5H3,(H,22,25)/t17-/m0/s1. The normalized spacial score (nSPS) is 13.0. The average molecular weight is 404 g/mol. The molecule has 2 rings (SSSR count). The van der Waals surface area contributed by atoms with Crippen LogP contribution in [0.1, 0.15) is 31.9 Å². The molecule has 7 heteroatoms. The number of nitrogens with one attached hydrogen (secondary N) is 2. The summed E-state index contributed by atoms with van der Waals surface area (Å²) in [5.74, 6) is -0.146. The maximum Gasteiger partial charge on any atom is 0.241 e. The number of aryl methyl sites for hydroxylation is 1. The Balaban J connectivity index is 2.01. The Morgan fingerprint density at radius 1 is 1.04 bits per heavy atom. The first-order valence-electron chi connectivity index (χ1n) is 9.28. The van der Waals surface area contributed by atoms with E-state index in [9.17, 15) is 13.2 Å². The van der Waals surface area contributed by atoms with Crippen LogP contribution >= 0.6 is 0 Å². The van der Waals surface area contributed by atoms with Gasteiger partial charge in [-0.3, -0.25) is 9.69 Å². The lowest BCUT2D eigenvalue weighted by Gasteiger charge is -2.24. The zero-order valence-electron chi connectivity index (χ0n) is 17.1. The summed E-state index contributed by atoms with van der Waals surface area (Å²) >= 11 is 0. The summed E-state index contributed by atoms with van der Waals surface area (Å²) in [7, 11) is -1.64. The van der Waals surface area contributed by atoms with Crippen molar-refractivity contribution in [2.75, 3.05) is 12.4 Å². The summed E-state index contributed by atoms with van der Waals surface area (Å²) < 4.78 is 26.9. The molecular formula is C21H29N3O3S. The van der Waals surface area contributed by atoms with E-state index in [1.165, 1.54) is 23.3 Å². The van der Waals surface area contributed by atoms with Crippen LogP contribution in [0.3, 0.4) is 0 Å². The van der Waals surface area contributed by atoms with Gasteiger partial charge in [-0.15, -0.1) is 0 Å². The van der Waals surface area contributed by atoms with E-state index in [0.29, 0.717) is 12.2 Å². The van der Waals surface area contributed by atoms with Crippen LogP contribution in [0, 0.1) is 6.92 Å². The molecule has 6 nitrogen and oxygen atoms in total. The number of nitrogens with zero attached hydrogens (tertiary/aromatic N) is 1. The lowest BCUT2D eigenvalue weighted by Crippen LogP contribution is -2.39. The number of hydrogen-bond acceptors (Lipinski definition) is 4. The molecular weight excluding hydrogens is 374 g/mol. The van der Waals surface area contributed by atoms with Crippen molar-refractivity contribution in [2.45, 2.75) is 51.2 Å². The third-order valence-electron chi connectivity index (χ3n) is 4.54. The van der Waals surface area contributed by atoms with Crippen LogP contribution in [-0.2, 0) is 21.4 Å². The van der Waals surface area contributed by atoms with E-state index in [4.69, 9.17) is 0 Å². The summed E-state index contributed by atoms with van der Waals surface area (Å²) in [6.07, 6.45) is 0. The van der Waals surface area contributed by atoms with Gasteiger partial charge in [-0.25, -0.2) is 13.1 Å². The van der Waals surface area contributed by atoms with Gasteiger partial charge in [0.2, 0.25) is 15.9 Å². The summed E-state index contributed by atoms with van der Waals surface area (Å²) in [6, 6.07) is 13.7. The van der Waals surface area contributed by atoms with Gasteiger partial charge < -0.3 is 5.32 Å². The van der Waals surface area contributed by atoms with Crippen molar-refractivity contribution in [3.8, 4) is 0 Å². The van der Waals surface area contributed by atoms with Gasteiger partial charge in [-0.05, 0) is 70.1 Å². The van der Waals surface area contributed by atoms with Crippen LogP contribution in [0.4, 0.5) is 5.69 Å². The fourth-order valence-electron chi connectivity index (χ4n) is 2.74. The molecule has 0 aromatic heterocycles. The van der Waals surface area contributed by atoms with Crippen molar-refractivity contribution in [3.63, 3.8) is 0 Å². The quantitative estimate of drug-likeness (QED) is 0.710. The van der Waals surface area contributed by atoms with Gasteiger partial charge in [-0.2, -0.15) is 0 Å². The number of benzene rings is 2. The molecule has 2 aromatic carbocycles. The number of rotatable bonds is 8. The van der Waals surface area contributed by atoms with Crippen LogP contribution in [0.5, 0.6) is 0 Å². The van der Waals surface area contributed by atoms with E-state index in [1.807, 2.05) is 31.0 Å². The highest BCUT2D eigenvalue weighted by Crippen LogP contribution is 2.16. The highest BCUT2D eigenvalue weighted by molar-refractivity contribution is 7.89. The van der Waals surface area contributed by atoms with Gasteiger partial charge >= 0.3 is 0 Å². The molecule has 0 bridgehead atoms. The molecule has 0 unspecified atom stereocenters. The maximum absolute atomic E-state index is 12.6. The van der Waals surface area contributed by atoms with E-state index in [2.05, 4.69) is 29.1 Å². The minimum atomic E-state index is -3.54. The van der Waals surface area contributed by atoms with E-state index in [-0.39, 0.29) is 22.9 Å². The van der Waals surface area contributed by atoms with Crippen LogP contribution < -0.4 is 10.0 Å². The topological polar surface area (TPSA) is 78.5 Å². The fraction of sp³-hybridized carbons (Fsp3) is 0.381. The van der Waals surface area contributed by atoms with Gasteiger partial charge in [0.1, 0.15) is 0 Å². The molecule has 0 aliphatic carbocycles. The molecule has 0 aliphatic rings. The Morgan fingerprint density at radius 3 is 2.21 bits per heavy atom. The summed E-state index contributed by atoms with van der Waals surface area (Å²) in [5.41, 5.74) is 2.93. The third-order valence-corrected chi connectivity index (χ3v) is 6.22. The van der Waals surface area contributed by atoms with Gasteiger partial charge in [0.15, 0.2) is 0 Å². The molecule has 0 radical (unpaired) electrons. The van der Waals surface area contributed by atoms with E-state index in [0.717, 1.165) is 0 Å². The van der Waals surface area contributed by atoms with E-state index < -0.39 is 10.0 Å². The Hall–Kier alpha value is -2.22. The second kappa shape index (κ2) is 9.32. The maximum atomic E-state index is 12.6. The molecule has 1 amide bonds. The molecule has 1 atom stereocenters. The molecule has 0 heterocycles. The van der Waals surface area contributed by atoms with Crippen LogP contribution in [0.25, 0.3) is 0 Å². The molecule has 0 fully saturated rings. The molecule has 2 N–H and O–H groups in total. The Morgan fingerprint density at radius 2 is 1.64 bits per heavy atom. The third kappa shape index (κ3) is 5.89. The van der Waals surface area contributed by atoms with Crippen molar-refractivity contribution in [1.29, 1.82) is 0 Å². The van der Waals surface area contributed by atoms with Crippen LogP contribution in [0.15, 0.2) is 53.4 Å². The van der Waals surface area contributed by atoms with Crippen molar-refractivity contribution in [1.82, 2.24) is 9.62 Å². The molecule has 28 heavy (non-hydrogen) atoms. The monoisotopic (exact) mass is 403 g/mol. The smallest absolute Gasteiger partial charge is 0.241 e. The predicted octanol–water partition coefficient (Wildman–Crippen LogP) is 3.14. The largest absolute Gasteiger partial charge is 0.325 e. The first-order valence-corrected chi connectivity index (χ1v) is 10.8. The number of carbonyl (C=O) groups excluding carboxylic acids is 1. The van der Waals surface area contributed by atoms with Gasteiger partial charge in [0.25, 0.3) is 0 Å². The van der Waals surface area contributed by atoms with Crippen LogP contribution in [0.2, 0.25) is 0 Å². The minimum Gasteiger partial charge on any atom is -0.325 e. The molecule has 0 spiro atoms. The molecule has 0 saturated heterocycles. The average Bonchev–Trinajstić information content (AvgIpc) is 2.62. The molecule has 152 valence electrons. The minimum absolute atomic E-state index is 0.146. The Labute approximate surface area is 168 Å². The fourth-order valence-corrected chi connectivity index (χ4v) is 3.99. The number of hydrogen-bond donors (Lipinski definition) is 2. The SMILES string of the molecule is Cc1ccccc1CN(C)[C@@H](C)C(=O)Nc1ccc(S(=O)(=O)NC(C)C)cc1. The summed E-state index contributed by atoms with van der Waals surface area (Å²) in [6.45, 7) is 8.10.